The Hall–Kier alpha value is -4.52. The third kappa shape index (κ3) is 3.82. The number of amides is 2. The first-order chi connectivity index (χ1) is 21.6. The molecule has 5 nitrogen and oxygen atoms in total. The monoisotopic (exact) mass is 591 g/mol. The van der Waals surface area contributed by atoms with Crippen molar-refractivity contribution in [3.05, 3.63) is 102 Å². The molecule has 5 aromatic rings. The Labute approximate surface area is 263 Å². The van der Waals surface area contributed by atoms with E-state index in [-0.39, 0.29) is 11.8 Å². The van der Waals surface area contributed by atoms with Crippen molar-refractivity contribution in [1.82, 2.24) is 4.90 Å². The number of carbonyl (C=O) groups excluding carboxylic acids is 2. The summed E-state index contributed by atoms with van der Waals surface area (Å²) < 4.78 is 13.1. The Morgan fingerprint density at radius 3 is 1.62 bits per heavy atom. The second-order valence-corrected chi connectivity index (χ2v) is 13.3. The van der Waals surface area contributed by atoms with E-state index in [2.05, 4.69) is 58.0 Å². The molecule has 0 N–H and O–H groups in total. The van der Waals surface area contributed by atoms with E-state index in [1.54, 1.807) is 0 Å². The number of nitrogens with zero attached hydrogens (tertiary/aromatic N) is 1. The van der Waals surface area contributed by atoms with Crippen LogP contribution >= 0.6 is 0 Å². The first-order valence-corrected chi connectivity index (χ1v) is 15.8. The topological polar surface area (TPSA) is 55.8 Å². The summed E-state index contributed by atoms with van der Waals surface area (Å²) in [6, 6.07) is 30.7. The number of imide groups is 1. The maximum Gasteiger partial charge on any atom is 0.495 e. The minimum atomic E-state index is -0.527. The van der Waals surface area contributed by atoms with Crippen LogP contribution in [-0.2, 0) is 9.31 Å². The fourth-order valence-electron chi connectivity index (χ4n) is 7.31. The highest BCUT2D eigenvalue weighted by atomic mass is 16.7. The van der Waals surface area contributed by atoms with Crippen LogP contribution in [0.5, 0.6) is 0 Å². The lowest BCUT2D eigenvalue weighted by Crippen LogP contribution is -2.41. The summed E-state index contributed by atoms with van der Waals surface area (Å²) in [7, 11) is -0.527. The number of benzene rings is 5. The molecule has 1 fully saturated rings. The molecule has 0 bridgehead atoms. The first kappa shape index (κ1) is 28.0. The second kappa shape index (κ2) is 9.74. The normalized spacial score (nSPS) is 17.4. The average molecular weight is 592 g/mol. The lowest BCUT2D eigenvalue weighted by Gasteiger charge is -2.32. The van der Waals surface area contributed by atoms with E-state index in [1.165, 1.54) is 4.90 Å². The molecule has 0 unspecified atom stereocenters. The Kier molecular flexibility index (Phi) is 6.06. The standard InChI is InChI=1S/C39H34BNO4/c1-6-22-41-36(42)34-29(23-14-9-7-10-15-23)32-26-19-13-18-25-28(40-44-38(2,3)39(4,5)45-40)21-20-27(31(25)26)33(32)30(35(34)37(41)43)24-16-11-8-12-17-24/h7-21H,6,22H2,1-5H3. The number of carbonyl (C=O) groups is 2. The quantitative estimate of drug-likeness (QED) is 0.150. The minimum absolute atomic E-state index is 0.225. The molecule has 0 saturated carbocycles. The number of hydrogen-bond donors (Lipinski definition) is 0. The van der Waals surface area contributed by atoms with Crippen LogP contribution in [0.15, 0.2) is 91.0 Å². The molecule has 0 aromatic heterocycles. The lowest BCUT2D eigenvalue weighted by molar-refractivity contribution is 0.00578. The van der Waals surface area contributed by atoms with Crippen molar-refractivity contribution < 1.29 is 18.9 Å². The van der Waals surface area contributed by atoms with Crippen molar-refractivity contribution in [2.75, 3.05) is 6.54 Å². The van der Waals surface area contributed by atoms with Gasteiger partial charge in [-0.25, -0.2) is 0 Å². The zero-order chi connectivity index (χ0) is 31.2. The van der Waals surface area contributed by atoms with Gasteiger partial charge in [0.25, 0.3) is 11.8 Å². The van der Waals surface area contributed by atoms with Crippen molar-refractivity contribution in [1.29, 1.82) is 0 Å². The zero-order valence-corrected chi connectivity index (χ0v) is 26.2. The predicted octanol–water partition coefficient (Wildman–Crippen LogP) is 8.13. The smallest absolute Gasteiger partial charge is 0.399 e. The molecule has 1 saturated heterocycles. The second-order valence-electron chi connectivity index (χ2n) is 13.3. The van der Waals surface area contributed by atoms with Crippen LogP contribution in [0, 0.1) is 0 Å². The van der Waals surface area contributed by atoms with Crippen molar-refractivity contribution in [2.24, 2.45) is 0 Å². The summed E-state index contributed by atoms with van der Waals surface area (Å²) in [5.41, 5.74) is 8.55. The van der Waals surface area contributed by atoms with Gasteiger partial charge in [0, 0.05) is 17.7 Å². The van der Waals surface area contributed by atoms with Gasteiger partial charge in [-0.15, -0.1) is 0 Å². The van der Waals surface area contributed by atoms with Gasteiger partial charge < -0.3 is 9.31 Å². The fourth-order valence-corrected chi connectivity index (χ4v) is 7.31. The summed E-state index contributed by atoms with van der Waals surface area (Å²) in [5.74, 6) is -0.451. The van der Waals surface area contributed by atoms with Gasteiger partial charge in [0.2, 0.25) is 0 Å². The van der Waals surface area contributed by atoms with Gasteiger partial charge in [-0.2, -0.15) is 0 Å². The van der Waals surface area contributed by atoms with E-state index >= 15 is 0 Å². The molecule has 3 aliphatic rings. The number of rotatable bonds is 5. The van der Waals surface area contributed by atoms with E-state index in [4.69, 9.17) is 9.31 Å². The molecule has 0 radical (unpaired) electrons. The highest BCUT2D eigenvalue weighted by Crippen LogP contribution is 2.58. The van der Waals surface area contributed by atoms with Gasteiger partial charge >= 0.3 is 7.12 Å². The molecule has 6 heteroatoms. The van der Waals surface area contributed by atoms with Gasteiger partial charge in [0.1, 0.15) is 0 Å². The van der Waals surface area contributed by atoms with Gasteiger partial charge in [-0.3, -0.25) is 14.5 Å². The Morgan fingerprint density at radius 1 is 0.600 bits per heavy atom. The third-order valence-corrected chi connectivity index (χ3v) is 10.1. The van der Waals surface area contributed by atoms with E-state index in [9.17, 15) is 9.59 Å². The Bertz CT molecular complexity index is 1960. The van der Waals surface area contributed by atoms with Gasteiger partial charge in [0.15, 0.2) is 0 Å². The summed E-state index contributed by atoms with van der Waals surface area (Å²) in [6.45, 7) is 10.6. The highest BCUT2D eigenvalue weighted by Gasteiger charge is 2.52. The third-order valence-electron chi connectivity index (χ3n) is 10.1. The molecule has 2 heterocycles. The molecule has 1 aliphatic carbocycles. The molecular weight excluding hydrogens is 557 g/mol. The van der Waals surface area contributed by atoms with Crippen LogP contribution in [0.25, 0.3) is 55.3 Å². The van der Waals surface area contributed by atoms with Crippen LogP contribution < -0.4 is 5.46 Å². The molecule has 45 heavy (non-hydrogen) atoms. The summed E-state index contributed by atoms with van der Waals surface area (Å²) >= 11 is 0. The molecule has 5 aromatic carbocycles. The fraction of sp³-hybridized carbons (Fsp3) is 0.231. The number of fused-ring (bicyclic) bond motifs is 4. The summed E-state index contributed by atoms with van der Waals surface area (Å²) in [4.78, 5) is 30.1. The Morgan fingerprint density at radius 2 is 1.11 bits per heavy atom. The van der Waals surface area contributed by atoms with Crippen molar-refractivity contribution in [3.63, 3.8) is 0 Å². The van der Waals surface area contributed by atoms with E-state index in [0.717, 1.165) is 60.7 Å². The SMILES string of the molecule is CCCN1C(=O)c2c(c(-c3ccccc3)c3c(c2-c2ccccc2)-c2cccc4c(B5OC(C)(C)C(C)(C)O5)ccc-3c24)C1=O. The maximum atomic E-state index is 14.3. The minimum Gasteiger partial charge on any atom is -0.399 e. The maximum absolute atomic E-state index is 14.3. The van der Waals surface area contributed by atoms with E-state index in [0.29, 0.717) is 24.1 Å². The predicted molar refractivity (Wildman–Crippen MR) is 181 cm³/mol. The van der Waals surface area contributed by atoms with E-state index < -0.39 is 18.3 Å². The zero-order valence-electron chi connectivity index (χ0n) is 26.2. The average Bonchev–Trinajstić information content (AvgIpc) is 3.58. The van der Waals surface area contributed by atoms with Crippen LogP contribution in [0.1, 0.15) is 61.8 Å². The van der Waals surface area contributed by atoms with Gasteiger partial charge in [-0.1, -0.05) is 97.9 Å². The van der Waals surface area contributed by atoms with Crippen LogP contribution in [0.4, 0.5) is 0 Å². The van der Waals surface area contributed by atoms with Crippen molar-refractivity contribution in [3.8, 4) is 44.5 Å². The van der Waals surface area contributed by atoms with E-state index in [1.807, 2.05) is 67.6 Å². The van der Waals surface area contributed by atoms with Crippen molar-refractivity contribution >= 4 is 35.2 Å². The van der Waals surface area contributed by atoms with Crippen molar-refractivity contribution in [2.45, 2.75) is 52.2 Å². The largest absolute Gasteiger partial charge is 0.495 e. The summed E-state index contributed by atoms with van der Waals surface area (Å²) in [6.07, 6.45) is 0.691. The molecule has 2 aliphatic heterocycles. The lowest BCUT2D eigenvalue weighted by atomic mass is 9.75. The molecule has 8 rings (SSSR count). The van der Waals surface area contributed by atoms with Crippen LogP contribution in [0.3, 0.4) is 0 Å². The van der Waals surface area contributed by atoms with Gasteiger partial charge in [0.05, 0.1) is 22.3 Å². The first-order valence-electron chi connectivity index (χ1n) is 15.8. The van der Waals surface area contributed by atoms with Crippen LogP contribution in [-0.4, -0.2) is 41.6 Å². The highest BCUT2D eigenvalue weighted by molar-refractivity contribution is 6.65. The number of hydrogen-bond acceptors (Lipinski definition) is 4. The Balaban J connectivity index is 1.50. The van der Waals surface area contributed by atoms with Gasteiger partial charge in [-0.05, 0) is 83.7 Å². The summed E-state index contributed by atoms with van der Waals surface area (Å²) in [5, 5.41) is 2.13. The van der Waals surface area contributed by atoms with Crippen LogP contribution in [0.2, 0.25) is 0 Å². The molecule has 2 amide bonds. The molecule has 0 spiro atoms. The molecular formula is C39H34BNO4. The molecule has 222 valence electrons. The molecule has 0 atom stereocenters.